The van der Waals surface area contributed by atoms with E-state index in [2.05, 4.69) is 37.4 Å². The van der Waals surface area contributed by atoms with Crippen LogP contribution in [-0.4, -0.2) is 20.5 Å². The van der Waals surface area contributed by atoms with Gasteiger partial charge in [0.1, 0.15) is 0 Å². The Morgan fingerprint density at radius 3 is 2.64 bits per heavy atom. The Bertz CT molecular complexity index is 1060. The second-order valence-electron chi connectivity index (χ2n) is 7.39. The molecule has 1 N–H and O–H groups in total. The van der Waals surface area contributed by atoms with E-state index in [-0.39, 0.29) is 5.91 Å². The van der Waals surface area contributed by atoms with E-state index in [4.69, 9.17) is 10.1 Å². The Morgan fingerprint density at radius 2 is 1.88 bits per heavy atom. The summed E-state index contributed by atoms with van der Waals surface area (Å²) in [5.41, 5.74) is 8.56. The van der Waals surface area contributed by atoms with Gasteiger partial charge in [0.15, 0.2) is 11.5 Å². The third-order valence-corrected chi connectivity index (χ3v) is 5.24. The van der Waals surface area contributed by atoms with E-state index in [0.717, 1.165) is 45.1 Å². The molecule has 1 aliphatic heterocycles. The van der Waals surface area contributed by atoms with Crippen LogP contribution in [0.15, 0.2) is 18.2 Å². The molecule has 0 unspecified atom stereocenters. The maximum atomic E-state index is 11.8. The van der Waals surface area contributed by atoms with Gasteiger partial charge in [-0.05, 0) is 68.0 Å². The smallest absolute Gasteiger partial charge is 0.228 e. The highest BCUT2D eigenvalue weighted by Gasteiger charge is 2.29. The van der Waals surface area contributed by atoms with Crippen LogP contribution in [0.3, 0.4) is 0 Å². The van der Waals surface area contributed by atoms with Crippen molar-refractivity contribution in [2.45, 2.75) is 46.0 Å². The lowest BCUT2D eigenvalue weighted by Gasteiger charge is -2.13. The Balaban J connectivity index is 1.77. The molecule has 5 rings (SSSR count). The minimum atomic E-state index is 0.0674. The standard InChI is InChI=1S/C20H20N4O/c1-10-7-15(8-14-9-16(25)21-17(10)14)18-11(2)6-12(3)20-22-19(13-4-5-13)23-24(18)20/h6-8,13H,4-5,9H2,1-3H3,(H,21,25). The zero-order chi connectivity index (χ0) is 17.3. The first-order chi connectivity index (χ1) is 12.0. The molecule has 0 radical (unpaired) electrons. The summed E-state index contributed by atoms with van der Waals surface area (Å²) in [4.78, 5) is 16.6. The highest BCUT2D eigenvalue weighted by atomic mass is 16.1. The summed E-state index contributed by atoms with van der Waals surface area (Å²) in [5, 5.41) is 7.79. The number of aromatic nitrogens is 3. The molecule has 2 aliphatic rings. The SMILES string of the molecule is Cc1cc(-c2c(C)cc(C)c3nc(C4CC4)nn23)cc2c1NC(=O)C2. The van der Waals surface area contributed by atoms with E-state index in [9.17, 15) is 4.79 Å². The summed E-state index contributed by atoms with van der Waals surface area (Å²) >= 11 is 0. The number of pyridine rings is 1. The van der Waals surface area contributed by atoms with Gasteiger partial charge in [0.2, 0.25) is 5.91 Å². The summed E-state index contributed by atoms with van der Waals surface area (Å²) in [6, 6.07) is 6.44. The molecule has 1 aromatic carbocycles. The number of amides is 1. The molecule has 1 saturated carbocycles. The summed E-state index contributed by atoms with van der Waals surface area (Å²) in [7, 11) is 0. The lowest BCUT2D eigenvalue weighted by atomic mass is 9.98. The first-order valence-corrected chi connectivity index (χ1v) is 8.82. The summed E-state index contributed by atoms with van der Waals surface area (Å²) in [6.45, 7) is 6.26. The van der Waals surface area contributed by atoms with Gasteiger partial charge in [-0.1, -0.05) is 6.07 Å². The molecular weight excluding hydrogens is 312 g/mol. The third kappa shape index (κ3) is 2.18. The number of hydrogen-bond donors (Lipinski definition) is 1. The zero-order valence-electron chi connectivity index (χ0n) is 14.7. The van der Waals surface area contributed by atoms with Crippen molar-refractivity contribution in [3.63, 3.8) is 0 Å². The highest BCUT2D eigenvalue weighted by molar-refractivity contribution is 6.00. The van der Waals surface area contributed by atoms with Gasteiger partial charge < -0.3 is 5.32 Å². The fraction of sp³-hybridized carbons (Fsp3) is 0.350. The molecule has 1 aliphatic carbocycles. The van der Waals surface area contributed by atoms with Crippen LogP contribution in [0.2, 0.25) is 0 Å². The monoisotopic (exact) mass is 332 g/mol. The van der Waals surface area contributed by atoms with Gasteiger partial charge in [-0.25, -0.2) is 9.50 Å². The number of carbonyl (C=O) groups is 1. The number of carbonyl (C=O) groups excluding carboxylic acids is 1. The fourth-order valence-corrected chi connectivity index (χ4v) is 3.90. The van der Waals surface area contributed by atoms with Gasteiger partial charge in [-0.3, -0.25) is 4.79 Å². The van der Waals surface area contributed by atoms with Crippen molar-refractivity contribution in [3.05, 3.63) is 46.3 Å². The molecular formula is C20H20N4O. The van der Waals surface area contributed by atoms with Crippen LogP contribution in [0.4, 0.5) is 5.69 Å². The summed E-state index contributed by atoms with van der Waals surface area (Å²) in [6.07, 6.45) is 2.83. The lowest BCUT2D eigenvalue weighted by Crippen LogP contribution is -2.04. The number of benzene rings is 1. The molecule has 0 saturated heterocycles. The highest BCUT2D eigenvalue weighted by Crippen LogP contribution is 2.39. The van der Waals surface area contributed by atoms with Crippen LogP contribution in [0, 0.1) is 20.8 Å². The van der Waals surface area contributed by atoms with E-state index >= 15 is 0 Å². The first-order valence-electron chi connectivity index (χ1n) is 8.82. The largest absolute Gasteiger partial charge is 0.325 e. The minimum Gasteiger partial charge on any atom is -0.325 e. The number of nitrogens with zero attached hydrogens (tertiary/aromatic N) is 3. The quantitative estimate of drug-likeness (QED) is 0.778. The summed E-state index contributed by atoms with van der Waals surface area (Å²) in [5.74, 6) is 1.55. The molecule has 0 atom stereocenters. The van der Waals surface area contributed by atoms with Crippen molar-refractivity contribution in [2.24, 2.45) is 0 Å². The normalized spacial score (nSPS) is 16.4. The summed E-state index contributed by atoms with van der Waals surface area (Å²) < 4.78 is 2.00. The van der Waals surface area contributed by atoms with Crippen molar-refractivity contribution in [1.82, 2.24) is 14.6 Å². The predicted octanol–water partition coefficient (Wildman–Crippen LogP) is 3.69. The zero-order valence-corrected chi connectivity index (χ0v) is 14.7. The molecule has 25 heavy (non-hydrogen) atoms. The first kappa shape index (κ1) is 14.6. The Hall–Kier alpha value is -2.69. The maximum absolute atomic E-state index is 11.8. The molecule has 0 bridgehead atoms. The lowest BCUT2D eigenvalue weighted by molar-refractivity contribution is -0.115. The van der Waals surface area contributed by atoms with Crippen LogP contribution in [0.5, 0.6) is 0 Å². The van der Waals surface area contributed by atoms with Crippen molar-refractivity contribution in [2.75, 3.05) is 5.32 Å². The van der Waals surface area contributed by atoms with Crippen LogP contribution >= 0.6 is 0 Å². The Morgan fingerprint density at radius 1 is 1.08 bits per heavy atom. The van der Waals surface area contributed by atoms with Crippen LogP contribution in [0.1, 0.15) is 46.8 Å². The van der Waals surface area contributed by atoms with E-state index < -0.39 is 0 Å². The Kier molecular flexibility index (Phi) is 2.87. The second kappa shape index (κ2) is 4.91. The van der Waals surface area contributed by atoms with Gasteiger partial charge in [0.25, 0.3) is 0 Å². The second-order valence-corrected chi connectivity index (χ2v) is 7.39. The van der Waals surface area contributed by atoms with Gasteiger partial charge >= 0.3 is 0 Å². The molecule has 1 fully saturated rings. The average Bonchev–Trinajstić information content (AvgIpc) is 3.18. The minimum absolute atomic E-state index is 0.0674. The number of rotatable bonds is 2. The molecule has 126 valence electrons. The number of aryl methyl sites for hydroxylation is 3. The van der Waals surface area contributed by atoms with Crippen molar-refractivity contribution in [1.29, 1.82) is 0 Å². The van der Waals surface area contributed by atoms with Crippen molar-refractivity contribution < 1.29 is 4.79 Å². The van der Waals surface area contributed by atoms with Crippen LogP contribution in [-0.2, 0) is 11.2 Å². The Labute approximate surface area is 146 Å². The number of hydrogen-bond acceptors (Lipinski definition) is 3. The van der Waals surface area contributed by atoms with E-state index in [0.29, 0.717) is 12.3 Å². The maximum Gasteiger partial charge on any atom is 0.228 e. The molecule has 5 heteroatoms. The van der Waals surface area contributed by atoms with E-state index in [1.54, 1.807) is 0 Å². The molecule has 5 nitrogen and oxygen atoms in total. The topological polar surface area (TPSA) is 59.3 Å². The van der Waals surface area contributed by atoms with Gasteiger partial charge in [0.05, 0.1) is 12.1 Å². The molecule has 1 amide bonds. The van der Waals surface area contributed by atoms with Gasteiger partial charge in [-0.2, -0.15) is 5.10 Å². The third-order valence-electron chi connectivity index (χ3n) is 5.24. The molecule has 0 spiro atoms. The number of fused-ring (bicyclic) bond motifs is 2. The van der Waals surface area contributed by atoms with E-state index in [1.165, 1.54) is 18.4 Å². The predicted molar refractivity (Wildman–Crippen MR) is 96.9 cm³/mol. The van der Waals surface area contributed by atoms with Gasteiger partial charge in [-0.15, -0.1) is 0 Å². The van der Waals surface area contributed by atoms with Crippen molar-refractivity contribution >= 4 is 17.2 Å². The van der Waals surface area contributed by atoms with Crippen LogP contribution < -0.4 is 5.32 Å². The van der Waals surface area contributed by atoms with Crippen molar-refractivity contribution in [3.8, 4) is 11.3 Å². The fourth-order valence-electron chi connectivity index (χ4n) is 3.90. The average molecular weight is 332 g/mol. The van der Waals surface area contributed by atoms with Crippen LogP contribution in [0.25, 0.3) is 16.9 Å². The number of anilines is 1. The number of nitrogens with one attached hydrogen (secondary N) is 1. The van der Waals surface area contributed by atoms with Gasteiger partial charge in [0, 0.05) is 17.2 Å². The van der Waals surface area contributed by atoms with E-state index in [1.807, 2.05) is 11.4 Å². The molecule has 3 aromatic rings. The molecule has 2 aromatic heterocycles. The molecule has 3 heterocycles.